The number of nitrogens with one attached hydrogen (secondary N) is 1. The lowest BCUT2D eigenvalue weighted by Crippen LogP contribution is -2.41. The number of hydrogen-bond donors (Lipinski definition) is 1. The van der Waals surface area contributed by atoms with Crippen LogP contribution in [-0.2, 0) is 5.54 Å². The summed E-state index contributed by atoms with van der Waals surface area (Å²) in [5, 5.41) is 3.10. The van der Waals surface area contributed by atoms with Gasteiger partial charge in [0.1, 0.15) is 11.4 Å². The molecule has 1 atom stereocenters. The Morgan fingerprint density at radius 3 is 2.71 bits per heavy atom. The summed E-state index contributed by atoms with van der Waals surface area (Å²) in [6.45, 7) is 5.09. The Bertz CT molecular complexity index is 629. The Balaban J connectivity index is 2.04. The zero-order valence-corrected chi connectivity index (χ0v) is 12.7. The van der Waals surface area contributed by atoms with Gasteiger partial charge in [-0.3, -0.25) is 0 Å². The van der Waals surface area contributed by atoms with Gasteiger partial charge in [-0.05, 0) is 32.8 Å². The number of anilines is 2. The maximum absolute atomic E-state index is 4.66. The maximum atomic E-state index is 4.66. The zero-order chi connectivity index (χ0) is 14.9. The lowest BCUT2D eigenvalue weighted by molar-refractivity contribution is 0.453. The van der Waals surface area contributed by atoms with Crippen molar-refractivity contribution in [2.45, 2.75) is 32.2 Å². The van der Waals surface area contributed by atoms with Crippen molar-refractivity contribution in [3.63, 3.8) is 0 Å². The molecule has 1 saturated heterocycles. The van der Waals surface area contributed by atoms with Crippen molar-refractivity contribution in [3.8, 4) is 0 Å². The molecule has 3 rings (SSSR count). The SMILES string of the molecule is CNc1cc(C)nc([C@]2(C)CCCN2c2ncccn2)n1. The van der Waals surface area contributed by atoms with E-state index in [9.17, 15) is 0 Å². The quantitative estimate of drug-likeness (QED) is 0.931. The Hall–Kier alpha value is -2.24. The van der Waals surface area contributed by atoms with Crippen LogP contribution in [0.1, 0.15) is 31.3 Å². The van der Waals surface area contributed by atoms with Crippen molar-refractivity contribution in [1.29, 1.82) is 0 Å². The molecule has 0 aromatic carbocycles. The molecule has 110 valence electrons. The Labute approximate surface area is 124 Å². The van der Waals surface area contributed by atoms with E-state index in [1.807, 2.05) is 26.1 Å². The smallest absolute Gasteiger partial charge is 0.226 e. The fourth-order valence-electron chi connectivity index (χ4n) is 2.88. The summed E-state index contributed by atoms with van der Waals surface area (Å²) in [5.74, 6) is 2.42. The first-order chi connectivity index (χ1) is 10.1. The molecule has 0 unspecified atom stereocenters. The summed E-state index contributed by atoms with van der Waals surface area (Å²) < 4.78 is 0. The number of aromatic nitrogens is 4. The fourth-order valence-corrected chi connectivity index (χ4v) is 2.88. The molecule has 1 aliphatic rings. The lowest BCUT2D eigenvalue weighted by atomic mass is 9.97. The first-order valence-electron chi connectivity index (χ1n) is 7.22. The summed E-state index contributed by atoms with van der Waals surface area (Å²) >= 11 is 0. The van der Waals surface area contributed by atoms with Crippen LogP contribution in [0.2, 0.25) is 0 Å². The van der Waals surface area contributed by atoms with E-state index in [0.717, 1.165) is 42.7 Å². The molecule has 21 heavy (non-hydrogen) atoms. The van der Waals surface area contributed by atoms with Gasteiger partial charge in [0, 0.05) is 37.7 Å². The number of aryl methyl sites for hydroxylation is 1. The molecule has 0 bridgehead atoms. The summed E-state index contributed by atoms with van der Waals surface area (Å²) in [6, 6.07) is 3.78. The maximum Gasteiger partial charge on any atom is 0.226 e. The molecule has 0 aliphatic carbocycles. The van der Waals surface area contributed by atoms with Crippen LogP contribution in [-0.4, -0.2) is 33.5 Å². The van der Waals surface area contributed by atoms with Crippen LogP contribution in [0.25, 0.3) is 0 Å². The molecule has 0 radical (unpaired) electrons. The van der Waals surface area contributed by atoms with E-state index >= 15 is 0 Å². The van der Waals surface area contributed by atoms with Crippen molar-refractivity contribution in [2.75, 3.05) is 23.8 Å². The van der Waals surface area contributed by atoms with Crippen LogP contribution in [0, 0.1) is 6.92 Å². The summed E-state index contributed by atoms with van der Waals surface area (Å²) in [5.41, 5.74) is 0.699. The Morgan fingerprint density at radius 2 is 2.00 bits per heavy atom. The molecule has 1 fully saturated rings. The van der Waals surface area contributed by atoms with Crippen LogP contribution in [0.15, 0.2) is 24.5 Å². The third-order valence-electron chi connectivity index (χ3n) is 4.03. The van der Waals surface area contributed by atoms with Crippen LogP contribution in [0.4, 0.5) is 11.8 Å². The van der Waals surface area contributed by atoms with E-state index in [-0.39, 0.29) is 5.54 Å². The number of hydrogen-bond acceptors (Lipinski definition) is 6. The van der Waals surface area contributed by atoms with Gasteiger partial charge in [-0.1, -0.05) is 0 Å². The predicted octanol–water partition coefficient (Wildman–Crippen LogP) is 2.13. The van der Waals surface area contributed by atoms with Crippen molar-refractivity contribution in [3.05, 3.63) is 36.0 Å². The number of nitrogens with zero attached hydrogens (tertiary/aromatic N) is 5. The molecule has 3 heterocycles. The molecule has 1 aliphatic heterocycles. The molecule has 1 N–H and O–H groups in total. The van der Waals surface area contributed by atoms with Gasteiger partial charge >= 0.3 is 0 Å². The van der Waals surface area contributed by atoms with Gasteiger partial charge in [-0.25, -0.2) is 19.9 Å². The van der Waals surface area contributed by atoms with E-state index in [1.54, 1.807) is 12.4 Å². The van der Waals surface area contributed by atoms with E-state index < -0.39 is 0 Å². The Morgan fingerprint density at radius 1 is 1.24 bits per heavy atom. The van der Waals surface area contributed by atoms with Gasteiger partial charge in [0.25, 0.3) is 0 Å². The minimum atomic E-state index is -0.265. The highest BCUT2D eigenvalue weighted by Crippen LogP contribution is 2.38. The molecule has 2 aromatic heterocycles. The second-order valence-corrected chi connectivity index (χ2v) is 5.55. The second kappa shape index (κ2) is 5.27. The van der Waals surface area contributed by atoms with Gasteiger partial charge < -0.3 is 10.2 Å². The third kappa shape index (κ3) is 2.41. The first-order valence-corrected chi connectivity index (χ1v) is 7.22. The van der Waals surface area contributed by atoms with Gasteiger partial charge in [-0.15, -0.1) is 0 Å². The van der Waals surface area contributed by atoms with Crippen LogP contribution in [0.5, 0.6) is 0 Å². The lowest BCUT2D eigenvalue weighted by Gasteiger charge is -2.34. The summed E-state index contributed by atoms with van der Waals surface area (Å²) in [4.78, 5) is 20.3. The summed E-state index contributed by atoms with van der Waals surface area (Å²) in [6.07, 6.45) is 5.63. The van der Waals surface area contributed by atoms with Crippen molar-refractivity contribution in [1.82, 2.24) is 19.9 Å². The highest BCUT2D eigenvalue weighted by atomic mass is 15.3. The minimum Gasteiger partial charge on any atom is -0.373 e. The van der Waals surface area contributed by atoms with Crippen molar-refractivity contribution >= 4 is 11.8 Å². The van der Waals surface area contributed by atoms with Crippen LogP contribution in [0.3, 0.4) is 0 Å². The first kappa shape index (κ1) is 13.7. The van der Waals surface area contributed by atoms with E-state index in [0.29, 0.717) is 0 Å². The molecule has 0 spiro atoms. The molecule has 6 nitrogen and oxygen atoms in total. The average Bonchev–Trinajstić information content (AvgIpc) is 2.91. The summed E-state index contributed by atoms with van der Waals surface area (Å²) in [7, 11) is 1.88. The van der Waals surface area contributed by atoms with E-state index in [1.165, 1.54) is 0 Å². The van der Waals surface area contributed by atoms with E-state index in [4.69, 9.17) is 0 Å². The van der Waals surface area contributed by atoms with Gasteiger partial charge in [0.15, 0.2) is 5.82 Å². The Kier molecular flexibility index (Phi) is 3.45. The molecule has 0 saturated carbocycles. The highest BCUT2D eigenvalue weighted by molar-refractivity contribution is 5.42. The molecular formula is C15H20N6. The van der Waals surface area contributed by atoms with Gasteiger partial charge in [-0.2, -0.15) is 0 Å². The normalized spacial score (nSPS) is 21.6. The topological polar surface area (TPSA) is 66.8 Å². The number of rotatable bonds is 3. The zero-order valence-electron chi connectivity index (χ0n) is 12.7. The third-order valence-corrected chi connectivity index (χ3v) is 4.03. The fraction of sp³-hybridized carbons (Fsp3) is 0.467. The second-order valence-electron chi connectivity index (χ2n) is 5.55. The molecule has 6 heteroatoms. The van der Waals surface area contributed by atoms with Crippen LogP contribution < -0.4 is 10.2 Å². The van der Waals surface area contributed by atoms with Crippen molar-refractivity contribution < 1.29 is 0 Å². The monoisotopic (exact) mass is 284 g/mol. The molecule has 0 amide bonds. The van der Waals surface area contributed by atoms with Crippen LogP contribution >= 0.6 is 0 Å². The predicted molar refractivity (Wildman–Crippen MR) is 82.3 cm³/mol. The molecular weight excluding hydrogens is 264 g/mol. The highest BCUT2D eigenvalue weighted by Gasteiger charge is 2.42. The van der Waals surface area contributed by atoms with Gasteiger partial charge in [0.2, 0.25) is 5.95 Å². The van der Waals surface area contributed by atoms with Gasteiger partial charge in [0.05, 0.1) is 0 Å². The standard InChI is InChI=1S/C15H20N6/c1-11-10-12(16-3)20-13(19-11)15(2)6-4-9-21(15)14-17-7-5-8-18-14/h5,7-8,10H,4,6,9H2,1-3H3,(H,16,19,20)/t15-/m0/s1. The van der Waals surface area contributed by atoms with E-state index in [2.05, 4.69) is 37.1 Å². The van der Waals surface area contributed by atoms with Crippen molar-refractivity contribution in [2.24, 2.45) is 0 Å². The largest absolute Gasteiger partial charge is 0.373 e. The molecule has 2 aromatic rings. The minimum absolute atomic E-state index is 0.265. The average molecular weight is 284 g/mol.